The maximum Gasteiger partial charge on any atom is 0.244 e. The number of sulfonamides is 1. The van der Waals surface area contributed by atoms with E-state index in [0.29, 0.717) is 23.6 Å². The molecule has 0 fully saturated rings. The Morgan fingerprint density at radius 1 is 1.06 bits per heavy atom. The number of carbonyl (C=O) groups excluding carboxylic acids is 2. The lowest BCUT2D eigenvalue weighted by atomic mass is 10.1. The predicted molar refractivity (Wildman–Crippen MR) is 133 cm³/mol. The van der Waals surface area contributed by atoms with Crippen molar-refractivity contribution in [3.63, 3.8) is 0 Å². The molecule has 10 heteroatoms. The van der Waals surface area contributed by atoms with Crippen LogP contribution < -0.4 is 9.62 Å². The minimum atomic E-state index is -3.82. The number of hydrogen-bond donors (Lipinski definition) is 1. The van der Waals surface area contributed by atoms with Gasteiger partial charge >= 0.3 is 0 Å². The third kappa shape index (κ3) is 7.99. The number of amides is 2. The molecule has 0 aliphatic rings. The molecule has 34 heavy (non-hydrogen) atoms. The van der Waals surface area contributed by atoms with Gasteiger partial charge in [0.2, 0.25) is 21.8 Å². The number of anilines is 1. The van der Waals surface area contributed by atoms with Gasteiger partial charge < -0.3 is 10.2 Å². The number of hydrogen-bond acceptors (Lipinski definition) is 4. The van der Waals surface area contributed by atoms with Gasteiger partial charge in [-0.15, -0.1) is 0 Å². The molecule has 2 aromatic rings. The van der Waals surface area contributed by atoms with Crippen molar-refractivity contribution < 1.29 is 22.4 Å². The lowest BCUT2D eigenvalue weighted by Crippen LogP contribution is -2.52. The molecule has 2 rings (SSSR count). The normalized spacial score (nSPS) is 12.1. The number of benzene rings is 2. The molecular weight excluding hydrogens is 481 g/mol. The Balaban J connectivity index is 2.37. The van der Waals surface area contributed by atoms with Crippen molar-refractivity contribution in [2.45, 2.75) is 45.7 Å². The Morgan fingerprint density at radius 2 is 1.68 bits per heavy atom. The SMILES string of the molecule is CCCCNC(=O)[C@@H](CC)N(Cc1ccc(F)cc1)C(=O)CN(c1ccc(Cl)cc1)S(C)(=O)=O. The van der Waals surface area contributed by atoms with E-state index in [1.807, 2.05) is 6.92 Å². The van der Waals surface area contributed by atoms with Crippen molar-refractivity contribution in [3.8, 4) is 0 Å². The quantitative estimate of drug-likeness (QED) is 0.437. The van der Waals surface area contributed by atoms with Crippen LogP contribution in [0.2, 0.25) is 5.02 Å². The largest absolute Gasteiger partial charge is 0.354 e. The first-order valence-electron chi connectivity index (χ1n) is 11.1. The molecule has 0 spiro atoms. The molecule has 0 unspecified atom stereocenters. The Hall–Kier alpha value is -2.65. The number of nitrogens with zero attached hydrogens (tertiary/aromatic N) is 2. The Morgan fingerprint density at radius 3 is 2.21 bits per heavy atom. The van der Waals surface area contributed by atoms with Crippen LogP contribution in [-0.2, 0) is 26.2 Å². The van der Waals surface area contributed by atoms with Gasteiger partial charge in [-0.2, -0.15) is 0 Å². The highest BCUT2D eigenvalue weighted by molar-refractivity contribution is 7.92. The van der Waals surface area contributed by atoms with E-state index in [1.54, 1.807) is 6.92 Å². The van der Waals surface area contributed by atoms with E-state index >= 15 is 0 Å². The molecule has 2 amide bonds. The number of carbonyl (C=O) groups is 2. The molecule has 0 bridgehead atoms. The van der Waals surface area contributed by atoms with E-state index < -0.39 is 34.3 Å². The van der Waals surface area contributed by atoms with E-state index in [-0.39, 0.29) is 18.1 Å². The fourth-order valence-corrected chi connectivity index (χ4v) is 4.41. The van der Waals surface area contributed by atoms with Crippen LogP contribution in [0.5, 0.6) is 0 Å². The molecule has 0 aliphatic carbocycles. The highest BCUT2D eigenvalue weighted by Gasteiger charge is 2.31. The lowest BCUT2D eigenvalue weighted by molar-refractivity contribution is -0.140. The highest BCUT2D eigenvalue weighted by atomic mass is 35.5. The zero-order valence-electron chi connectivity index (χ0n) is 19.6. The fraction of sp³-hybridized carbons (Fsp3) is 0.417. The first kappa shape index (κ1) is 27.6. The molecule has 7 nitrogen and oxygen atoms in total. The number of nitrogens with one attached hydrogen (secondary N) is 1. The fourth-order valence-electron chi connectivity index (χ4n) is 3.43. The van der Waals surface area contributed by atoms with Crippen LogP contribution in [0, 0.1) is 5.82 Å². The van der Waals surface area contributed by atoms with Crippen molar-refractivity contribution in [3.05, 3.63) is 64.9 Å². The van der Waals surface area contributed by atoms with E-state index in [4.69, 9.17) is 11.6 Å². The average Bonchev–Trinajstić information content (AvgIpc) is 2.78. The smallest absolute Gasteiger partial charge is 0.244 e. The number of unbranched alkanes of at least 4 members (excludes halogenated alkanes) is 1. The van der Waals surface area contributed by atoms with Gasteiger partial charge in [0.05, 0.1) is 11.9 Å². The maximum atomic E-state index is 13.5. The van der Waals surface area contributed by atoms with Gasteiger partial charge in [-0.25, -0.2) is 12.8 Å². The summed E-state index contributed by atoms with van der Waals surface area (Å²) in [6, 6.07) is 10.9. The Bertz CT molecular complexity index is 1060. The first-order valence-corrected chi connectivity index (χ1v) is 13.3. The average molecular weight is 512 g/mol. The second kappa shape index (κ2) is 12.7. The van der Waals surface area contributed by atoms with Crippen molar-refractivity contribution >= 4 is 39.1 Å². The zero-order valence-corrected chi connectivity index (χ0v) is 21.2. The van der Waals surface area contributed by atoms with Crippen LogP contribution in [0.1, 0.15) is 38.7 Å². The van der Waals surface area contributed by atoms with Gasteiger partial charge in [0.15, 0.2) is 0 Å². The third-order valence-electron chi connectivity index (χ3n) is 5.28. The summed E-state index contributed by atoms with van der Waals surface area (Å²) < 4.78 is 39.4. The van der Waals surface area contributed by atoms with Crippen LogP contribution >= 0.6 is 11.6 Å². The molecule has 0 aliphatic heterocycles. The van der Waals surface area contributed by atoms with Crippen LogP contribution in [-0.4, -0.2) is 50.5 Å². The molecule has 0 saturated carbocycles. The van der Waals surface area contributed by atoms with Crippen LogP contribution in [0.15, 0.2) is 48.5 Å². The lowest BCUT2D eigenvalue weighted by Gasteiger charge is -2.33. The van der Waals surface area contributed by atoms with Gasteiger partial charge in [0, 0.05) is 18.1 Å². The second-order valence-electron chi connectivity index (χ2n) is 7.96. The molecule has 0 heterocycles. The summed E-state index contributed by atoms with van der Waals surface area (Å²) in [5.74, 6) is -1.29. The van der Waals surface area contributed by atoms with Crippen LogP contribution in [0.3, 0.4) is 0 Å². The molecule has 1 N–H and O–H groups in total. The predicted octanol–water partition coefficient (Wildman–Crippen LogP) is 3.97. The van der Waals surface area contributed by atoms with Crippen molar-refractivity contribution in [2.75, 3.05) is 23.7 Å². The monoisotopic (exact) mass is 511 g/mol. The number of halogens is 2. The summed E-state index contributed by atoms with van der Waals surface area (Å²) in [5, 5.41) is 3.27. The van der Waals surface area contributed by atoms with E-state index in [2.05, 4.69) is 5.32 Å². The van der Waals surface area contributed by atoms with E-state index in [1.165, 1.54) is 53.4 Å². The third-order valence-corrected chi connectivity index (χ3v) is 6.67. The Labute approximate surface area is 205 Å². The molecule has 0 radical (unpaired) electrons. The summed E-state index contributed by atoms with van der Waals surface area (Å²) in [5.41, 5.74) is 0.898. The first-order chi connectivity index (χ1) is 16.1. The molecule has 1 atom stereocenters. The maximum absolute atomic E-state index is 13.5. The minimum absolute atomic E-state index is 0.0248. The summed E-state index contributed by atoms with van der Waals surface area (Å²) >= 11 is 5.92. The standard InChI is InChI=1S/C24H31ClFN3O4S/c1-4-6-15-27-24(31)22(5-2)28(16-18-7-11-20(26)12-8-18)23(30)17-29(34(3,32)33)21-13-9-19(25)10-14-21/h7-14,22H,4-6,15-17H2,1-3H3,(H,27,31)/t22-/m1/s1. The second-order valence-corrected chi connectivity index (χ2v) is 10.3. The molecule has 2 aromatic carbocycles. The summed E-state index contributed by atoms with van der Waals surface area (Å²) in [6.45, 7) is 3.79. The minimum Gasteiger partial charge on any atom is -0.354 e. The van der Waals surface area contributed by atoms with Crippen molar-refractivity contribution in [2.24, 2.45) is 0 Å². The van der Waals surface area contributed by atoms with Crippen LogP contribution in [0.25, 0.3) is 0 Å². The molecular formula is C24H31ClFN3O4S. The summed E-state index contributed by atoms with van der Waals surface area (Å²) in [7, 11) is -3.82. The summed E-state index contributed by atoms with van der Waals surface area (Å²) in [4.78, 5) is 27.8. The molecule has 0 aromatic heterocycles. The highest BCUT2D eigenvalue weighted by Crippen LogP contribution is 2.22. The van der Waals surface area contributed by atoms with Gasteiger partial charge in [0.1, 0.15) is 18.4 Å². The van der Waals surface area contributed by atoms with Crippen molar-refractivity contribution in [1.29, 1.82) is 0 Å². The Kier molecular flexibility index (Phi) is 10.3. The van der Waals surface area contributed by atoms with E-state index in [0.717, 1.165) is 23.4 Å². The van der Waals surface area contributed by atoms with Crippen LogP contribution in [0.4, 0.5) is 10.1 Å². The summed E-state index contributed by atoms with van der Waals surface area (Å²) in [6.07, 6.45) is 3.03. The van der Waals surface area contributed by atoms with Gasteiger partial charge in [-0.1, -0.05) is 44.0 Å². The van der Waals surface area contributed by atoms with Gasteiger partial charge in [0.25, 0.3) is 0 Å². The molecule has 186 valence electrons. The van der Waals surface area contributed by atoms with Gasteiger partial charge in [-0.05, 0) is 54.8 Å². The van der Waals surface area contributed by atoms with Crippen molar-refractivity contribution in [1.82, 2.24) is 10.2 Å². The zero-order chi connectivity index (χ0) is 25.3. The van der Waals surface area contributed by atoms with E-state index in [9.17, 15) is 22.4 Å². The molecule has 0 saturated heterocycles. The number of rotatable bonds is 12. The topological polar surface area (TPSA) is 86.8 Å². The van der Waals surface area contributed by atoms with Gasteiger partial charge in [-0.3, -0.25) is 13.9 Å².